The van der Waals surface area contributed by atoms with Gasteiger partial charge in [0.1, 0.15) is 5.75 Å². The van der Waals surface area contributed by atoms with E-state index in [2.05, 4.69) is 10.0 Å². The van der Waals surface area contributed by atoms with Crippen molar-refractivity contribution < 1.29 is 22.7 Å². The first-order valence-corrected chi connectivity index (χ1v) is 10.5. The molecule has 1 fully saturated rings. The summed E-state index contributed by atoms with van der Waals surface area (Å²) in [5.41, 5.74) is 1.46. The first-order valence-electron chi connectivity index (χ1n) is 9.06. The summed E-state index contributed by atoms with van der Waals surface area (Å²) >= 11 is 0. The van der Waals surface area contributed by atoms with Gasteiger partial charge in [-0.2, -0.15) is 0 Å². The van der Waals surface area contributed by atoms with Crippen molar-refractivity contribution in [3.05, 3.63) is 53.6 Å². The molecule has 0 bridgehead atoms. The van der Waals surface area contributed by atoms with E-state index in [1.54, 1.807) is 37.3 Å². The van der Waals surface area contributed by atoms with E-state index in [0.29, 0.717) is 29.1 Å². The second kappa shape index (κ2) is 8.62. The highest BCUT2D eigenvalue weighted by molar-refractivity contribution is 7.92. The Labute approximate surface area is 165 Å². The maximum absolute atomic E-state index is 12.7. The molecule has 0 saturated carbocycles. The average Bonchev–Trinajstić information content (AvgIpc) is 3.21. The van der Waals surface area contributed by atoms with Gasteiger partial charge in [0.25, 0.3) is 15.9 Å². The summed E-state index contributed by atoms with van der Waals surface area (Å²) < 4.78 is 38.4. The molecule has 8 heteroatoms. The van der Waals surface area contributed by atoms with E-state index in [-0.39, 0.29) is 16.9 Å². The summed E-state index contributed by atoms with van der Waals surface area (Å²) in [6.45, 7) is 2.95. The number of carbonyl (C=O) groups excluding carboxylic acids is 1. The normalized spacial score (nSPS) is 16.6. The Morgan fingerprint density at radius 3 is 2.61 bits per heavy atom. The molecule has 2 aromatic carbocycles. The first-order chi connectivity index (χ1) is 13.4. The number of carbonyl (C=O) groups is 1. The minimum Gasteiger partial charge on any atom is -0.497 e. The SMILES string of the molecule is COc1ccc(S(=O)(=O)Nc2cc(C(=O)NC[C@H]3CCCO3)ccc2C)cc1. The van der Waals surface area contributed by atoms with Crippen molar-refractivity contribution in [2.45, 2.75) is 30.8 Å². The number of ether oxygens (including phenoxy) is 2. The number of anilines is 1. The van der Waals surface area contributed by atoms with Gasteiger partial charge in [-0.25, -0.2) is 8.42 Å². The van der Waals surface area contributed by atoms with E-state index in [9.17, 15) is 13.2 Å². The molecule has 0 aliphatic carbocycles. The van der Waals surface area contributed by atoms with Crippen molar-refractivity contribution in [3.8, 4) is 5.75 Å². The predicted molar refractivity (Wildman–Crippen MR) is 106 cm³/mol. The molecule has 1 aliphatic rings. The molecular weight excluding hydrogens is 380 g/mol. The maximum atomic E-state index is 12.7. The Balaban J connectivity index is 1.73. The summed E-state index contributed by atoms with van der Waals surface area (Å²) in [6, 6.07) is 11.0. The van der Waals surface area contributed by atoms with Gasteiger partial charge < -0.3 is 14.8 Å². The van der Waals surface area contributed by atoms with Crippen LogP contribution >= 0.6 is 0 Å². The van der Waals surface area contributed by atoms with Crippen LogP contribution < -0.4 is 14.8 Å². The maximum Gasteiger partial charge on any atom is 0.261 e. The van der Waals surface area contributed by atoms with Gasteiger partial charge in [-0.3, -0.25) is 9.52 Å². The van der Waals surface area contributed by atoms with Crippen LogP contribution in [0, 0.1) is 6.92 Å². The van der Waals surface area contributed by atoms with E-state index in [0.717, 1.165) is 19.4 Å². The number of hydrogen-bond donors (Lipinski definition) is 2. The number of aryl methyl sites for hydroxylation is 1. The Bertz CT molecular complexity index is 936. The Morgan fingerprint density at radius 1 is 1.21 bits per heavy atom. The molecule has 0 aromatic heterocycles. The summed E-state index contributed by atoms with van der Waals surface area (Å²) in [5, 5.41) is 2.84. The van der Waals surface area contributed by atoms with Gasteiger partial charge in [0.15, 0.2) is 0 Å². The van der Waals surface area contributed by atoms with Gasteiger partial charge in [-0.15, -0.1) is 0 Å². The lowest BCUT2D eigenvalue weighted by Gasteiger charge is -2.14. The molecule has 1 heterocycles. The van der Waals surface area contributed by atoms with Crippen LogP contribution in [0.1, 0.15) is 28.8 Å². The van der Waals surface area contributed by atoms with Crippen LogP contribution in [0.5, 0.6) is 5.75 Å². The van der Waals surface area contributed by atoms with Crippen molar-refractivity contribution >= 4 is 21.6 Å². The van der Waals surface area contributed by atoms with Crippen LogP contribution in [-0.2, 0) is 14.8 Å². The van der Waals surface area contributed by atoms with E-state index in [1.807, 2.05) is 0 Å². The van der Waals surface area contributed by atoms with Crippen LogP contribution in [0.15, 0.2) is 47.4 Å². The molecule has 150 valence electrons. The van der Waals surface area contributed by atoms with Crippen molar-refractivity contribution in [2.24, 2.45) is 0 Å². The monoisotopic (exact) mass is 404 g/mol. The highest BCUT2D eigenvalue weighted by Gasteiger charge is 2.19. The summed E-state index contributed by atoms with van der Waals surface area (Å²) in [5.74, 6) is 0.306. The number of methoxy groups -OCH3 is 1. The van der Waals surface area contributed by atoms with Crippen LogP contribution in [0.2, 0.25) is 0 Å². The third kappa shape index (κ3) is 4.82. The van der Waals surface area contributed by atoms with Gasteiger partial charge in [0, 0.05) is 18.7 Å². The quantitative estimate of drug-likeness (QED) is 0.740. The van der Waals surface area contributed by atoms with Gasteiger partial charge in [0.2, 0.25) is 0 Å². The molecule has 1 atom stereocenters. The molecule has 3 rings (SSSR count). The molecule has 1 amide bonds. The molecule has 28 heavy (non-hydrogen) atoms. The second-order valence-corrected chi connectivity index (χ2v) is 8.34. The smallest absolute Gasteiger partial charge is 0.261 e. The van der Waals surface area contributed by atoms with E-state index < -0.39 is 10.0 Å². The molecule has 7 nitrogen and oxygen atoms in total. The molecule has 1 aliphatic heterocycles. The fraction of sp³-hybridized carbons (Fsp3) is 0.350. The highest BCUT2D eigenvalue weighted by atomic mass is 32.2. The zero-order valence-corrected chi connectivity index (χ0v) is 16.7. The number of sulfonamides is 1. The van der Waals surface area contributed by atoms with Crippen molar-refractivity contribution in [1.29, 1.82) is 0 Å². The molecule has 0 spiro atoms. The molecule has 1 saturated heterocycles. The third-order valence-corrected chi connectivity index (χ3v) is 6.01. The van der Waals surface area contributed by atoms with E-state index >= 15 is 0 Å². The first kappa shape index (κ1) is 20.2. The van der Waals surface area contributed by atoms with Gasteiger partial charge in [-0.1, -0.05) is 6.07 Å². The van der Waals surface area contributed by atoms with Gasteiger partial charge >= 0.3 is 0 Å². The molecular formula is C20H24N2O5S. The van der Waals surface area contributed by atoms with E-state index in [4.69, 9.17) is 9.47 Å². The summed E-state index contributed by atoms with van der Waals surface area (Å²) in [6.07, 6.45) is 1.98. The Kier molecular flexibility index (Phi) is 6.21. The lowest BCUT2D eigenvalue weighted by Crippen LogP contribution is -2.31. The zero-order valence-electron chi connectivity index (χ0n) is 15.9. The Hall–Kier alpha value is -2.58. The third-order valence-electron chi connectivity index (χ3n) is 4.63. The molecule has 0 unspecified atom stereocenters. The Morgan fingerprint density at radius 2 is 1.96 bits per heavy atom. The highest BCUT2D eigenvalue weighted by Crippen LogP contribution is 2.23. The predicted octanol–water partition coefficient (Wildman–Crippen LogP) is 2.71. The number of amides is 1. The lowest BCUT2D eigenvalue weighted by atomic mass is 10.1. The van der Waals surface area contributed by atoms with Crippen LogP contribution in [-0.4, -0.2) is 40.7 Å². The molecule has 2 aromatic rings. The lowest BCUT2D eigenvalue weighted by molar-refractivity contribution is 0.0858. The van der Waals surface area contributed by atoms with Gasteiger partial charge in [0.05, 0.1) is 23.8 Å². The summed E-state index contributed by atoms with van der Waals surface area (Å²) in [7, 11) is -2.27. The minimum atomic E-state index is -3.79. The number of rotatable bonds is 7. The van der Waals surface area contributed by atoms with Gasteiger partial charge in [-0.05, 0) is 61.7 Å². The zero-order chi connectivity index (χ0) is 20.1. The standard InChI is InChI=1S/C20H24N2O5S/c1-14-5-6-15(20(23)21-13-17-4-3-11-27-17)12-19(14)22-28(24,25)18-9-7-16(26-2)8-10-18/h5-10,12,17,22H,3-4,11,13H2,1-2H3,(H,21,23)/t17-/m1/s1. The van der Waals surface area contributed by atoms with Crippen molar-refractivity contribution in [2.75, 3.05) is 25.0 Å². The fourth-order valence-corrected chi connectivity index (χ4v) is 4.07. The molecule has 0 radical (unpaired) electrons. The van der Waals surface area contributed by atoms with Crippen LogP contribution in [0.25, 0.3) is 0 Å². The molecule has 2 N–H and O–H groups in total. The van der Waals surface area contributed by atoms with Crippen molar-refractivity contribution in [3.63, 3.8) is 0 Å². The van der Waals surface area contributed by atoms with E-state index in [1.165, 1.54) is 19.2 Å². The van der Waals surface area contributed by atoms with Crippen molar-refractivity contribution in [1.82, 2.24) is 5.32 Å². The number of hydrogen-bond acceptors (Lipinski definition) is 5. The fourth-order valence-electron chi connectivity index (χ4n) is 2.95. The van der Waals surface area contributed by atoms with Crippen LogP contribution in [0.3, 0.4) is 0 Å². The average molecular weight is 404 g/mol. The number of nitrogens with one attached hydrogen (secondary N) is 2. The number of benzene rings is 2. The topological polar surface area (TPSA) is 93.7 Å². The van der Waals surface area contributed by atoms with Crippen LogP contribution in [0.4, 0.5) is 5.69 Å². The second-order valence-electron chi connectivity index (χ2n) is 6.66. The summed E-state index contributed by atoms with van der Waals surface area (Å²) in [4.78, 5) is 12.5. The largest absolute Gasteiger partial charge is 0.497 e. The minimum absolute atomic E-state index is 0.0439.